The Morgan fingerprint density at radius 2 is 2.43 bits per heavy atom. The monoisotopic (exact) mass is 226 g/mol. The predicted octanol–water partition coefficient (Wildman–Crippen LogP) is 2.35. The van der Waals surface area contributed by atoms with Gasteiger partial charge in [0.05, 0.1) is 6.04 Å². The lowest BCUT2D eigenvalue weighted by molar-refractivity contribution is 0.887. The molecule has 0 aliphatic heterocycles. The highest BCUT2D eigenvalue weighted by molar-refractivity contribution is 7.09. The lowest BCUT2D eigenvalue weighted by atomic mass is 10.2. The van der Waals surface area contributed by atoms with Crippen molar-refractivity contribution in [2.75, 3.05) is 11.1 Å². The summed E-state index contributed by atoms with van der Waals surface area (Å²) < 4.78 is 3.90. The Balaban J connectivity index is 2.05. The van der Waals surface area contributed by atoms with Crippen molar-refractivity contribution in [2.24, 2.45) is 0 Å². The lowest BCUT2D eigenvalue weighted by Crippen LogP contribution is -2.05. The molecule has 3 N–H and O–H groups in total. The van der Waals surface area contributed by atoms with E-state index in [0.717, 1.165) is 5.13 Å². The Morgan fingerprint density at radius 3 is 3.00 bits per heavy atom. The van der Waals surface area contributed by atoms with E-state index in [0.29, 0.717) is 5.95 Å². The molecule has 2 aromatic heterocycles. The van der Waals surface area contributed by atoms with Gasteiger partial charge in [0.15, 0.2) is 0 Å². The van der Waals surface area contributed by atoms with Gasteiger partial charge in [-0.1, -0.05) is 0 Å². The van der Waals surface area contributed by atoms with E-state index in [1.807, 2.05) is 0 Å². The molecule has 2 rings (SSSR count). The number of hydrogen-bond donors (Lipinski definition) is 2. The molecule has 2 aromatic rings. The third-order valence-corrected chi connectivity index (χ3v) is 3.19. The van der Waals surface area contributed by atoms with Gasteiger partial charge in [-0.15, -0.1) is 0 Å². The molecule has 0 aliphatic rings. The zero-order chi connectivity index (χ0) is 9.97. The average molecular weight is 226 g/mol. The van der Waals surface area contributed by atoms with Crippen molar-refractivity contribution in [3.8, 4) is 0 Å². The summed E-state index contributed by atoms with van der Waals surface area (Å²) in [6.45, 7) is 2.08. The van der Waals surface area contributed by atoms with Crippen molar-refractivity contribution in [1.29, 1.82) is 0 Å². The highest BCUT2D eigenvalue weighted by Crippen LogP contribution is 2.22. The first kappa shape index (κ1) is 9.42. The quantitative estimate of drug-likeness (QED) is 0.843. The zero-order valence-electron chi connectivity index (χ0n) is 7.60. The molecule has 4 nitrogen and oxygen atoms in total. The minimum atomic E-state index is 0.244. The van der Waals surface area contributed by atoms with Crippen molar-refractivity contribution >= 4 is 33.9 Å². The third kappa shape index (κ3) is 2.02. The Bertz CT molecular complexity index is 395. The Hall–Kier alpha value is -1.14. The summed E-state index contributed by atoms with van der Waals surface area (Å²) in [6, 6.07) is 2.33. The van der Waals surface area contributed by atoms with Gasteiger partial charge >= 0.3 is 0 Å². The normalized spacial score (nSPS) is 12.6. The lowest BCUT2D eigenvalue weighted by Gasteiger charge is -2.09. The summed E-state index contributed by atoms with van der Waals surface area (Å²) in [5, 5.41) is 8.17. The number of thiophene rings is 1. The van der Waals surface area contributed by atoms with Gasteiger partial charge < -0.3 is 11.1 Å². The zero-order valence-corrected chi connectivity index (χ0v) is 9.23. The minimum Gasteiger partial charge on any atom is -0.367 e. The van der Waals surface area contributed by atoms with Gasteiger partial charge in [-0.25, -0.2) is 0 Å². The van der Waals surface area contributed by atoms with E-state index in [9.17, 15) is 0 Å². The summed E-state index contributed by atoms with van der Waals surface area (Å²) in [4.78, 5) is 4.04. The molecule has 0 bridgehead atoms. The SMILES string of the molecule is CC(Nc1nc(N)ns1)c1ccsc1. The third-order valence-electron chi connectivity index (χ3n) is 1.82. The van der Waals surface area contributed by atoms with Gasteiger partial charge in [-0.05, 0) is 29.3 Å². The van der Waals surface area contributed by atoms with Crippen molar-refractivity contribution in [1.82, 2.24) is 9.36 Å². The molecule has 0 fully saturated rings. The molecule has 14 heavy (non-hydrogen) atoms. The first-order chi connectivity index (χ1) is 6.75. The molecule has 0 spiro atoms. The molecule has 1 atom stereocenters. The summed E-state index contributed by atoms with van der Waals surface area (Å²) in [7, 11) is 0. The second-order valence-electron chi connectivity index (χ2n) is 2.88. The number of anilines is 2. The standard InChI is InChI=1S/C8H10N4S2/c1-5(6-2-3-13-4-6)10-8-11-7(9)12-14-8/h2-5H,1H3,(H3,9,10,11,12). The van der Waals surface area contributed by atoms with Crippen molar-refractivity contribution in [3.05, 3.63) is 22.4 Å². The van der Waals surface area contributed by atoms with Crippen LogP contribution in [-0.2, 0) is 0 Å². The Labute approximate surface area is 90.0 Å². The van der Waals surface area contributed by atoms with Crippen molar-refractivity contribution < 1.29 is 0 Å². The number of hydrogen-bond acceptors (Lipinski definition) is 6. The van der Waals surface area contributed by atoms with E-state index < -0.39 is 0 Å². The summed E-state index contributed by atoms with van der Waals surface area (Å²) >= 11 is 2.97. The number of nitrogen functional groups attached to an aromatic ring is 1. The number of rotatable bonds is 3. The minimum absolute atomic E-state index is 0.244. The van der Waals surface area contributed by atoms with Crippen LogP contribution in [0.1, 0.15) is 18.5 Å². The number of nitrogens with one attached hydrogen (secondary N) is 1. The maximum absolute atomic E-state index is 5.42. The van der Waals surface area contributed by atoms with E-state index in [1.165, 1.54) is 17.1 Å². The van der Waals surface area contributed by atoms with Crippen LogP contribution >= 0.6 is 22.9 Å². The van der Waals surface area contributed by atoms with Crippen LogP contribution in [0.25, 0.3) is 0 Å². The van der Waals surface area contributed by atoms with Gasteiger partial charge in [0.25, 0.3) is 0 Å². The van der Waals surface area contributed by atoms with Gasteiger partial charge in [-0.3, -0.25) is 0 Å². The molecule has 0 saturated heterocycles. The number of nitrogens with zero attached hydrogens (tertiary/aromatic N) is 2. The molecule has 0 amide bonds. The Kier molecular flexibility index (Phi) is 2.64. The molecule has 0 radical (unpaired) electrons. The smallest absolute Gasteiger partial charge is 0.233 e. The van der Waals surface area contributed by atoms with Crippen molar-refractivity contribution in [3.63, 3.8) is 0 Å². The van der Waals surface area contributed by atoms with Crippen LogP contribution in [0.2, 0.25) is 0 Å². The Morgan fingerprint density at radius 1 is 1.57 bits per heavy atom. The number of nitrogens with two attached hydrogens (primary N) is 1. The van der Waals surface area contributed by atoms with Crippen LogP contribution in [0.3, 0.4) is 0 Å². The van der Waals surface area contributed by atoms with Crippen LogP contribution in [0.5, 0.6) is 0 Å². The van der Waals surface area contributed by atoms with E-state index in [2.05, 4.69) is 38.4 Å². The van der Waals surface area contributed by atoms with Crippen LogP contribution in [0.4, 0.5) is 11.1 Å². The van der Waals surface area contributed by atoms with E-state index >= 15 is 0 Å². The largest absolute Gasteiger partial charge is 0.367 e. The fourth-order valence-corrected chi connectivity index (χ4v) is 2.42. The fraction of sp³-hybridized carbons (Fsp3) is 0.250. The van der Waals surface area contributed by atoms with E-state index in [-0.39, 0.29) is 6.04 Å². The molecule has 0 saturated carbocycles. The summed E-state index contributed by atoms with van der Waals surface area (Å²) in [5.41, 5.74) is 6.68. The average Bonchev–Trinajstić information content (AvgIpc) is 2.75. The second-order valence-corrected chi connectivity index (χ2v) is 4.41. The van der Waals surface area contributed by atoms with Gasteiger partial charge in [0, 0.05) is 11.5 Å². The van der Waals surface area contributed by atoms with Gasteiger partial charge in [0.1, 0.15) is 0 Å². The van der Waals surface area contributed by atoms with E-state index in [4.69, 9.17) is 5.73 Å². The topological polar surface area (TPSA) is 63.8 Å². The molecule has 0 aliphatic carbocycles. The van der Waals surface area contributed by atoms with Crippen LogP contribution < -0.4 is 11.1 Å². The molecule has 0 aromatic carbocycles. The fourth-order valence-electron chi connectivity index (χ4n) is 1.08. The van der Waals surface area contributed by atoms with Crippen LogP contribution in [0.15, 0.2) is 16.8 Å². The van der Waals surface area contributed by atoms with Gasteiger partial charge in [0.2, 0.25) is 11.1 Å². The highest BCUT2D eigenvalue weighted by atomic mass is 32.1. The van der Waals surface area contributed by atoms with Crippen LogP contribution in [-0.4, -0.2) is 9.36 Å². The molecule has 2 heterocycles. The van der Waals surface area contributed by atoms with Crippen LogP contribution in [0, 0.1) is 0 Å². The maximum atomic E-state index is 5.42. The molecular formula is C8H10N4S2. The summed E-state index contributed by atoms with van der Waals surface area (Å²) in [5.74, 6) is 0.329. The summed E-state index contributed by atoms with van der Waals surface area (Å²) in [6.07, 6.45) is 0. The first-order valence-electron chi connectivity index (χ1n) is 4.13. The molecular weight excluding hydrogens is 216 g/mol. The number of aromatic nitrogens is 2. The molecule has 6 heteroatoms. The highest BCUT2D eigenvalue weighted by Gasteiger charge is 2.07. The second kappa shape index (κ2) is 3.93. The predicted molar refractivity (Wildman–Crippen MR) is 60.7 cm³/mol. The maximum Gasteiger partial charge on any atom is 0.233 e. The van der Waals surface area contributed by atoms with Gasteiger partial charge in [-0.2, -0.15) is 20.7 Å². The van der Waals surface area contributed by atoms with Crippen molar-refractivity contribution in [2.45, 2.75) is 13.0 Å². The molecule has 74 valence electrons. The van der Waals surface area contributed by atoms with E-state index in [1.54, 1.807) is 11.3 Å². The first-order valence-corrected chi connectivity index (χ1v) is 5.85. The molecule has 1 unspecified atom stereocenters.